The highest BCUT2D eigenvalue weighted by Gasteiger charge is 2.09. The predicted molar refractivity (Wildman–Crippen MR) is 110 cm³/mol. The number of halogens is 1. The van der Waals surface area contributed by atoms with Crippen molar-refractivity contribution >= 4 is 28.9 Å². The molecule has 0 aliphatic carbocycles. The van der Waals surface area contributed by atoms with Crippen LogP contribution in [0.2, 0.25) is 5.02 Å². The van der Waals surface area contributed by atoms with Crippen molar-refractivity contribution < 1.29 is 14.3 Å². The largest absolute Gasteiger partial charge is 0.493 e. The summed E-state index contributed by atoms with van der Waals surface area (Å²) >= 11 is 6.12. The smallest absolute Gasteiger partial charge is 0.253 e. The molecule has 0 spiro atoms. The van der Waals surface area contributed by atoms with Gasteiger partial charge in [-0.3, -0.25) is 9.78 Å². The van der Waals surface area contributed by atoms with E-state index in [0.29, 0.717) is 34.3 Å². The van der Waals surface area contributed by atoms with E-state index in [-0.39, 0.29) is 5.91 Å². The molecule has 0 aliphatic rings. The Bertz CT molecular complexity index is 979. The van der Waals surface area contributed by atoms with Gasteiger partial charge in [-0.15, -0.1) is 0 Å². The number of nitrogens with one attached hydrogen (secondary N) is 2. The summed E-state index contributed by atoms with van der Waals surface area (Å²) in [7, 11) is 3.16. The molecule has 2 N–H and O–H groups in total. The van der Waals surface area contributed by atoms with Crippen LogP contribution in [0, 0.1) is 0 Å². The van der Waals surface area contributed by atoms with Crippen LogP contribution in [0.25, 0.3) is 0 Å². The number of anilines is 2. The summed E-state index contributed by atoms with van der Waals surface area (Å²) < 4.78 is 10.5. The van der Waals surface area contributed by atoms with Gasteiger partial charge >= 0.3 is 0 Å². The summed E-state index contributed by atoms with van der Waals surface area (Å²) in [5, 5.41) is 6.68. The zero-order chi connectivity index (χ0) is 19.9. The number of carbonyl (C=O) groups excluding carboxylic acids is 1. The summed E-state index contributed by atoms with van der Waals surface area (Å²) in [4.78, 5) is 16.6. The molecule has 0 saturated heterocycles. The van der Waals surface area contributed by atoms with Gasteiger partial charge in [0.15, 0.2) is 11.5 Å². The molecule has 7 heteroatoms. The van der Waals surface area contributed by atoms with Gasteiger partial charge in [-0.2, -0.15) is 0 Å². The van der Waals surface area contributed by atoms with Crippen LogP contribution in [0.15, 0.2) is 60.9 Å². The van der Waals surface area contributed by atoms with E-state index in [1.165, 1.54) is 6.20 Å². The summed E-state index contributed by atoms with van der Waals surface area (Å²) in [5.41, 5.74) is 2.76. The number of carbonyl (C=O) groups is 1. The average molecular weight is 398 g/mol. The van der Waals surface area contributed by atoms with Crippen LogP contribution in [0.5, 0.6) is 11.5 Å². The lowest BCUT2D eigenvalue weighted by Gasteiger charge is -2.12. The van der Waals surface area contributed by atoms with Crippen LogP contribution in [0.4, 0.5) is 11.4 Å². The quantitative estimate of drug-likeness (QED) is 0.617. The Morgan fingerprint density at radius 2 is 1.79 bits per heavy atom. The molecular formula is C21H20ClN3O3. The lowest BCUT2D eigenvalue weighted by molar-refractivity contribution is 0.0950. The first kappa shape index (κ1) is 19.5. The molecular weight excluding hydrogens is 378 g/mol. The van der Waals surface area contributed by atoms with E-state index in [1.807, 2.05) is 30.3 Å². The second kappa shape index (κ2) is 9.10. The van der Waals surface area contributed by atoms with Gasteiger partial charge in [0.05, 0.1) is 31.7 Å². The van der Waals surface area contributed by atoms with Gasteiger partial charge in [-0.1, -0.05) is 29.8 Å². The molecule has 6 nitrogen and oxygen atoms in total. The Morgan fingerprint density at radius 3 is 2.54 bits per heavy atom. The molecule has 144 valence electrons. The minimum atomic E-state index is -0.233. The zero-order valence-corrected chi connectivity index (χ0v) is 16.3. The van der Waals surface area contributed by atoms with Gasteiger partial charge < -0.3 is 20.1 Å². The molecule has 0 radical (unpaired) electrons. The Labute approximate surface area is 168 Å². The first-order valence-corrected chi connectivity index (χ1v) is 8.94. The number of rotatable bonds is 7. The summed E-state index contributed by atoms with van der Waals surface area (Å²) in [6, 6.07) is 14.6. The number of hydrogen-bond donors (Lipinski definition) is 2. The van der Waals surface area contributed by atoms with Crippen molar-refractivity contribution in [2.75, 3.05) is 19.5 Å². The number of nitrogens with zero attached hydrogens (tertiary/aromatic N) is 1. The molecule has 1 amide bonds. The first-order valence-electron chi connectivity index (χ1n) is 8.56. The van der Waals surface area contributed by atoms with E-state index in [4.69, 9.17) is 21.1 Å². The van der Waals surface area contributed by atoms with Gasteiger partial charge in [-0.25, -0.2) is 0 Å². The van der Waals surface area contributed by atoms with E-state index in [1.54, 1.807) is 38.6 Å². The second-order valence-electron chi connectivity index (χ2n) is 5.93. The number of benzene rings is 2. The fraction of sp³-hybridized carbons (Fsp3) is 0.143. The second-order valence-corrected chi connectivity index (χ2v) is 6.34. The molecule has 3 aromatic rings. The predicted octanol–water partition coefficient (Wildman–Crippen LogP) is 4.43. The van der Waals surface area contributed by atoms with Crippen LogP contribution in [-0.4, -0.2) is 25.1 Å². The standard InChI is InChI=1S/C21H20ClN3O3/c1-27-19-8-7-16(10-20(19)28-2)25-17-9-15(11-23-13-17)21(26)24-12-14-5-3-4-6-18(14)22/h3-11,13,25H,12H2,1-2H3,(H,24,26). The Balaban J connectivity index is 1.70. The summed E-state index contributed by atoms with van der Waals surface area (Å²) in [6.07, 6.45) is 3.16. The van der Waals surface area contributed by atoms with E-state index < -0.39 is 0 Å². The number of pyridine rings is 1. The Morgan fingerprint density at radius 1 is 1.00 bits per heavy atom. The normalized spacial score (nSPS) is 10.2. The van der Waals surface area contributed by atoms with Crippen LogP contribution < -0.4 is 20.1 Å². The van der Waals surface area contributed by atoms with E-state index >= 15 is 0 Å². The molecule has 0 saturated carbocycles. The van der Waals surface area contributed by atoms with Crippen LogP contribution in [0.3, 0.4) is 0 Å². The molecule has 2 aromatic carbocycles. The molecule has 0 bridgehead atoms. The lowest BCUT2D eigenvalue weighted by Crippen LogP contribution is -2.23. The molecule has 0 atom stereocenters. The first-order chi connectivity index (χ1) is 13.6. The number of hydrogen-bond acceptors (Lipinski definition) is 5. The highest BCUT2D eigenvalue weighted by molar-refractivity contribution is 6.31. The molecule has 0 unspecified atom stereocenters. The van der Waals surface area contributed by atoms with E-state index in [9.17, 15) is 4.79 Å². The third-order valence-corrected chi connectivity index (χ3v) is 4.44. The SMILES string of the molecule is COc1ccc(Nc2cncc(C(=O)NCc3ccccc3Cl)c2)cc1OC. The number of methoxy groups -OCH3 is 2. The van der Waals surface area contributed by atoms with Crippen molar-refractivity contribution in [2.45, 2.75) is 6.54 Å². The van der Waals surface area contributed by atoms with Gasteiger partial charge in [0.1, 0.15) is 0 Å². The molecule has 0 fully saturated rings. The Kier molecular flexibility index (Phi) is 6.34. The van der Waals surface area contributed by atoms with Crippen LogP contribution >= 0.6 is 11.6 Å². The molecule has 28 heavy (non-hydrogen) atoms. The maximum atomic E-state index is 12.5. The minimum Gasteiger partial charge on any atom is -0.493 e. The van der Waals surface area contributed by atoms with Gasteiger partial charge in [-0.05, 0) is 29.8 Å². The molecule has 1 heterocycles. The highest BCUT2D eigenvalue weighted by atomic mass is 35.5. The van der Waals surface area contributed by atoms with Gasteiger partial charge in [0.25, 0.3) is 5.91 Å². The minimum absolute atomic E-state index is 0.233. The third-order valence-electron chi connectivity index (χ3n) is 4.07. The van der Waals surface area contributed by atoms with Gasteiger partial charge in [0, 0.05) is 29.5 Å². The fourth-order valence-electron chi connectivity index (χ4n) is 2.63. The van der Waals surface area contributed by atoms with E-state index in [0.717, 1.165) is 11.3 Å². The number of amides is 1. The third kappa shape index (κ3) is 4.72. The molecule has 0 aliphatic heterocycles. The highest BCUT2D eigenvalue weighted by Crippen LogP contribution is 2.31. The van der Waals surface area contributed by atoms with Crippen molar-refractivity contribution in [3.8, 4) is 11.5 Å². The van der Waals surface area contributed by atoms with Crippen LogP contribution in [0.1, 0.15) is 15.9 Å². The Hall–Kier alpha value is -3.25. The average Bonchev–Trinajstić information content (AvgIpc) is 2.73. The molecule has 3 rings (SSSR count). The monoisotopic (exact) mass is 397 g/mol. The number of ether oxygens (including phenoxy) is 2. The zero-order valence-electron chi connectivity index (χ0n) is 15.5. The van der Waals surface area contributed by atoms with Crippen molar-refractivity contribution in [1.82, 2.24) is 10.3 Å². The summed E-state index contributed by atoms with van der Waals surface area (Å²) in [5.74, 6) is 1.01. The van der Waals surface area contributed by atoms with Crippen molar-refractivity contribution in [2.24, 2.45) is 0 Å². The van der Waals surface area contributed by atoms with E-state index in [2.05, 4.69) is 15.6 Å². The van der Waals surface area contributed by atoms with Crippen molar-refractivity contribution in [3.63, 3.8) is 0 Å². The van der Waals surface area contributed by atoms with Crippen molar-refractivity contribution in [3.05, 3.63) is 77.1 Å². The maximum Gasteiger partial charge on any atom is 0.253 e. The maximum absolute atomic E-state index is 12.5. The number of aromatic nitrogens is 1. The fourth-order valence-corrected chi connectivity index (χ4v) is 2.83. The van der Waals surface area contributed by atoms with Crippen molar-refractivity contribution in [1.29, 1.82) is 0 Å². The lowest BCUT2D eigenvalue weighted by atomic mass is 10.2. The molecule has 1 aromatic heterocycles. The van der Waals surface area contributed by atoms with Gasteiger partial charge in [0.2, 0.25) is 0 Å². The topological polar surface area (TPSA) is 72.5 Å². The van der Waals surface area contributed by atoms with Crippen LogP contribution in [-0.2, 0) is 6.54 Å². The summed E-state index contributed by atoms with van der Waals surface area (Å²) in [6.45, 7) is 0.339.